The Labute approximate surface area is 126 Å². The van der Waals surface area contributed by atoms with E-state index in [4.69, 9.17) is 0 Å². The van der Waals surface area contributed by atoms with E-state index in [1.807, 2.05) is 0 Å². The molecule has 0 aromatic rings. The molecule has 0 radical (unpaired) electrons. The number of rotatable bonds is 7. The lowest BCUT2D eigenvalue weighted by molar-refractivity contribution is 0.128. The molecule has 0 aromatic carbocycles. The van der Waals surface area contributed by atoms with Gasteiger partial charge in [-0.25, -0.2) is 0 Å². The predicted molar refractivity (Wildman–Crippen MR) is 87.2 cm³/mol. The van der Waals surface area contributed by atoms with E-state index in [0.717, 1.165) is 18.1 Å². The Morgan fingerprint density at radius 2 is 2.00 bits per heavy atom. The Balaban J connectivity index is 1.77. The van der Waals surface area contributed by atoms with Crippen molar-refractivity contribution < 1.29 is 0 Å². The number of likely N-dealkylation sites (N-methyl/N-ethyl adjacent to an activating group) is 2. The van der Waals surface area contributed by atoms with Gasteiger partial charge in [-0.1, -0.05) is 20.3 Å². The van der Waals surface area contributed by atoms with E-state index in [0.29, 0.717) is 0 Å². The van der Waals surface area contributed by atoms with E-state index in [9.17, 15) is 0 Å². The molecule has 1 aliphatic heterocycles. The van der Waals surface area contributed by atoms with Gasteiger partial charge in [0.1, 0.15) is 0 Å². The van der Waals surface area contributed by atoms with Gasteiger partial charge in [-0.05, 0) is 65.2 Å². The van der Waals surface area contributed by atoms with Crippen LogP contribution in [-0.4, -0.2) is 61.2 Å². The maximum absolute atomic E-state index is 3.73. The van der Waals surface area contributed by atoms with Gasteiger partial charge in [0.2, 0.25) is 0 Å². The molecule has 3 unspecified atom stereocenters. The van der Waals surface area contributed by atoms with Crippen molar-refractivity contribution in [3.05, 3.63) is 0 Å². The van der Waals surface area contributed by atoms with Gasteiger partial charge in [0.05, 0.1) is 0 Å². The zero-order chi connectivity index (χ0) is 14.4. The Kier molecular flexibility index (Phi) is 6.79. The molecule has 3 heteroatoms. The number of hydrogen-bond acceptors (Lipinski definition) is 3. The molecule has 1 saturated carbocycles. The lowest BCUT2D eigenvalue weighted by Crippen LogP contribution is -2.47. The Bertz CT molecular complexity index is 269. The Morgan fingerprint density at radius 1 is 1.15 bits per heavy atom. The molecule has 0 bridgehead atoms. The molecule has 3 atom stereocenters. The van der Waals surface area contributed by atoms with Gasteiger partial charge in [0.25, 0.3) is 0 Å². The van der Waals surface area contributed by atoms with E-state index in [2.05, 4.69) is 36.0 Å². The quantitative estimate of drug-likeness (QED) is 0.774. The highest BCUT2D eigenvalue weighted by molar-refractivity contribution is 4.86. The van der Waals surface area contributed by atoms with Crippen molar-refractivity contribution in [2.75, 3.05) is 33.2 Å². The van der Waals surface area contributed by atoms with Crippen LogP contribution in [0.25, 0.3) is 0 Å². The molecule has 2 aliphatic rings. The van der Waals surface area contributed by atoms with Crippen molar-refractivity contribution in [1.82, 2.24) is 15.1 Å². The molecule has 2 fully saturated rings. The van der Waals surface area contributed by atoms with Crippen LogP contribution in [0.4, 0.5) is 0 Å². The monoisotopic (exact) mass is 281 g/mol. The van der Waals surface area contributed by atoms with E-state index in [1.165, 1.54) is 71.1 Å². The maximum atomic E-state index is 3.73. The Morgan fingerprint density at radius 3 is 2.75 bits per heavy atom. The summed E-state index contributed by atoms with van der Waals surface area (Å²) >= 11 is 0. The van der Waals surface area contributed by atoms with E-state index < -0.39 is 0 Å². The van der Waals surface area contributed by atoms with Crippen molar-refractivity contribution >= 4 is 0 Å². The highest BCUT2D eigenvalue weighted by atomic mass is 15.2. The summed E-state index contributed by atoms with van der Waals surface area (Å²) in [4.78, 5) is 5.34. The minimum Gasteiger partial charge on any atom is -0.314 e. The van der Waals surface area contributed by atoms with Crippen LogP contribution in [0.2, 0.25) is 0 Å². The topological polar surface area (TPSA) is 18.5 Å². The van der Waals surface area contributed by atoms with Crippen LogP contribution in [0.5, 0.6) is 0 Å². The SMILES string of the molecule is CCCNC1CCCC(N(C)CC2CCCN2CC)C1. The number of hydrogen-bond donors (Lipinski definition) is 1. The van der Waals surface area contributed by atoms with Gasteiger partial charge in [-0.3, -0.25) is 4.90 Å². The predicted octanol–water partition coefficient (Wildman–Crippen LogP) is 2.71. The fraction of sp³-hybridized carbons (Fsp3) is 1.00. The van der Waals surface area contributed by atoms with Crippen molar-refractivity contribution in [2.45, 2.75) is 76.9 Å². The molecular weight excluding hydrogens is 246 g/mol. The molecule has 20 heavy (non-hydrogen) atoms. The minimum absolute atomic E-state index is 0.766. The summed E-state index contributed by atoms with van der Waals surface area (Å²) in [6.07, 6.45) is 9.60. The van der Waals surface area contributed by atoms with Crippen molar-refractivity contribution in [3.8, 4) is 0 Å². The van der Waals surface area contributed by atoms with Gasteiger partial charge < -0.3 is 10.2 Å². The van der Waals surface area contributed by atoms with Crippen LogP contribution >= 0.6 is 0 Å². The molecule has 118 valence electrons. The second kappa shape index (κ2) is 8.35. The molecule has 0 aromatic heterocycles. The lowest BCUT2D eigenvalue weighted by atomic mass is 9.90. The first kappa shape index (κ1) is 16.3. The summed E-state index contributed by atoms with van der Waals surface area (Å²) in [6, 6.07) is 2.38. The number of nitrogens with zero attached hydrogens (tertiary/aromatic N) is 2. The van der Waals surface area contributed by atoms with Crippen LogP contribution < -0.4 is 5.32 Å². The van der Waals surface area contributed by atoms with Gasteiger partial charge in [-0.2, -0.15) is 0 Å². The summed E-state index contributed by atoms with van der Waals surface area (Å²) in [5, 5.41) is 3.73. The van der Waals surface area contributed by atoms with Crippen LogP contribution in [-0.2, 0) is 0 Å². The average Bonchev–Trinajstić information content (AvgIpc) is 2.92. The third-order valence-corrected chi connectivity index (χ3v) is 5.36. The maximum Gasteiger partial charge on any atom is 0.0223 e. The average molecular weight is 281 g/mol. The smallest absolute Gasteiger partial charge is 0.0223 e. The van der Waals surface area contributed by atoms with Crippen LogP contribution in [0.1, 0.15) is 58.8 Å². The summed E-state index contributed by atoms with van der Waals surface area (Å²) in [6.45, 7) is 9.58. The molecule has 0 amide bonds. The van der Waals surface area contributed by atoms with E-state index >= 15 is 0 Å². The van der Waals surface area contributed by atoms with Crippen LogP contribution in [0, 0.1) is 0 Å². The largest absolute Gasteiger partial charge is 0.314 e. The second-order valence-corrected chi connectivity index (χ2v) is 6.84. The summed E-state index contributed by atoms with van der Waals surface area (Å²) < 4.78 is 0. The van der Waals surface area contributed by atoms with Gasteiger partial charge in [0, 0.05) is 24.7 Å². The second-order valence-electron chi connectivity index (χ2n) is 6.84. The fourth-order valence-corrected chi connectivity index (χ4v) is 4.10. The minimum atomic E-state index is 0.766. The molecule has 1 heterocycles. The fourth-order valence-electron chi connectivity index (χ4n) is 4.10. The summed E-state index contributed by atoms with van der Waals surface area (Å²) in [5.41, 5.74) is 0. The van der Waals surface area contributed by atoms with E-state index in [1.54, 1.807) is 0 Å². The van der Waals surface area contributed by atoms with Crippen LogP contribution in [0.3, 0.4) is 0 Å². The highest BCUT2D eigenvalue weighted by Gasteiger charge is 2.29. The van der Waals surface area contributed by atoms with Crippen molar-refractivity contribution in [2.24, 2.45) is 0 Å². The molecule has 0 spiro atoms. The molecule has 1 N–H and O–H groups in total. The molecular formula is C17H35N3. The molecule has 1 saturated heterocycles. The standard InChI is InChI=1S/C17H35N3/c1-4-11-18-15-8-6-9-16(13-15)19(3)14-17-10-7-12-20(17)5-2/h15-18H,4-14H2,1-3H3. The van der Waals surface area contributed by atoms with Crippen LogP contribution in [0.15, 0.2) is 0 Å². The van der Waals surface area contributed by atoms with Gasteiger partial charge in [0.15, 0.2) is 0 Å². The number of nitrogens with one attached hydrogen (secondary N) is 1. The van der Waals surface area contributed by atoms with Crippen molar-refractivity contribution in [1.29, 1.82) is 0 Å². The normalized spacial score (nSPS) is 32.1. The number of likely N-dealkylation sites (tertiary alicyclic amines) is 1. The van der Waals surface area contributed by atoms with Gasteiger partial charge >= 0.3 is 0 Å². The highest BCUT2D eigenvalue weighted by Crippen LogP contribution is 2.25. The first-order valence-corrected chi connectivity index (χ1v) is 8.92. The van der Waals surface area contributed by atoms with Crippen molar-refractivity contribution in [3.63, 3.8) is 0 Å². The zero-order valence-corrected chi connectivity index (χ0v) is 13.9. The Hall–Kier alpha value is -0.120. The molecule has 2 rings (SSSR count). The summed E-state index contributed by atoms with van der Waals surface area (Å²) in [7, 11) is 2.36. The lowest BCUT2D eigenvalue weighted by Gasteiger charge is -2.38. The molecule has 3 nitrogen and oxygen atoms in total. The first-order chi connectivity index (χ1) is 9.74. The third-order valence-electron chi connectivity index (χ3n) is 5.36. The third kappa shape index (κ3) is 4.44. The molecule has 1 aliphatic carbocycles. The summed E-state index contributed by atoms with van der Waals surface area (Å²) in [5.74, 6) is 0. The van der Waals surface area contributed by atoms with E-state index in [-0.39, 0.29) is 0 Å². The first-order valence-electron chi connectivity index (χ1n) is 8.92. The zero-order valence-electron chi connectivity index (χ0n) is 13.9. The van der Waals surface area contributed by atoms with Gasteiger partial charge in [-0.15, -0.1) is 0 Å².